The number of unbranched alkanes of at least 4 members (excludes halogenated alkanes) is 14. The van der Waals surface area contributed by atoms with Gasteiger partial charge in [-0.1, -0.05) is 84.0 Å². The highest BCUT2D eigenvalue weighted by molar-refractivity contribution is 5.84. The molecular formula is C38H71N5O10. The third kappa shape index (κ3) is 34.2. The molecule has 0 bridgehead atoms. The fraction of sp³-hybridized carbons (Fsp3) is 0.842. The highest BCUT2D eigenvalue weighted by Crippen LogP contribution is 2.13. The molecule has 0 aliphatic rings. The summed E-state index contributed by atoms with van der Waals surface area (Å²) < 4.78 is 10.7. The molecule has 4 amide bonds. The number of hydrogen-bond donors (Lipinski definition) is 7. The van der Waals surface area contributed by atoms with Gasteiger partial charge in [-0.2, -0.15) is 0 Å². The number of carboxylic acids is 2. The molecule has 0 heterocycles. The van der Waals surface area contributed by atoms with Gasteiger partial charge >= 0.3 is 11.9 Å². The van der Waals surface area contributed by atoms with Gasteiger partial charge in [0.15, 0.2) is 0 Å². The minimum atomic E-state index is -1.18. The minimum Gasteiger partial charge on any atom is -0.481 e. The molecule has 0 fully saturated rings. The Labute approximate surface area is 317 Å². The quantitative estimate of drug-likeness (QED) is 0.0446. The van der Waals surface area contributed by atoms with Crippen LogP contribution in [0.25, 0.3) is 0 Å². The summed E-state index contributed by atoms with van der Waals surface area (Å²) in [6.45, 7) is 3.98. The second kappa shape index (κ2) is 35.7. The van der Waals surface area contributed by atoms with E-state index in [1.54, 1.807) is 0 Å². The van der Waals surface area contributed by atoms with Crippen molar-refractivity contribution in [1.29, 1.82) is 0 Å². The van der Waals surface area contributed by atoms with Gasteiger partial charge in [-0.3, -0.25) is 24.0 Å². The van der Waals surface area contributed by atoms with Crippen molar-refractivity contribution in [1.82, 2.24) is 21.3 Å². The van der Waals surface area contributed by atoms with E-state index in [9.17, 15) is 33.9 Å². The number of amides is 4. The van der Waals surface area contributed by atoms with Crippen LogP contribution in [0.4, 0.5) is 0 Å². The van der Waals surface area contributed by atoms with E-state index in [-0.39, 0.29) is 82.3 Å². The lowest BCUT2D eigenvalue weighted by atomic mass is 10.0. The Hall–Kier alpha value is -3.30. The van der Waals surface area contributed by atoms with Crippen LogP contribution in [-0.2, 0) is 38.2 Å². The van der Waals surface area contributed by atoms with Crippen molar-refractivity contribution >= 4 is 35.6 Å². The number of carbonyl (C=O) groups excluding carboxylic acids is 4. The number of ether oxygens (including phenoxy) is 2. The fourth-order valence-corrected chi connectivity index (χ4v) is 5.48. The normalized spacial score (nSPS) is 12.1. The Morgan fingerprint density at radius 2 is 1.09 bits per heavy atom. The molecule has 53 heavy (non-hydrogen) atoms. The summed E-state index contributed by atoms with van der Waals surface area (Å²) >= 11 is 0. The van der Waals surface area contributed by atoms with E-state index in [1.165, 1.54) is 19.3 Å². The van der Waals surface area contributed by atoms with Crippen LogP contribution in [0.1, 0.15) is 148 Å². The summed E-state index contributed by atoms with van der Waals surface area (Å²) in [7, 11) is 0. The SMILES string of the molecule is CCCCCNC(=O)[C@@H](N)CCCCNC(=O)COCCOCCNC(=O)CC[C@H](NC(=O)CCCCCCCCCCCCCCC(=O)O)C(=O)O. The number of aliphatic carboxylic acids is 2. The van der Waals surface area contributed by atoms with Crippen molar-refractivity contribution in [3.8, 4) is 0 Å². The van der Waals surface area contributed by atoms with E-state index >= 15 is 0 Å². The average molecular weight is 758 g/mol. The molecule has 0 aromatic rings. The maximum Gasteiger partial charge on any atom is 0.326 e. The maximum atomic E-state index is 12.3. The van der Waals surface area contributed by atoms with E-state index in [0.29, 0.717) is 32.4 Å². The van der Waals surface area contributed by atoms with Crippen molar-refractivity contribution in [3.63, 3.8) is 0 Å². The molecule has 0 aromatic heterocycles. The van der Waals surface area contributed by atoms with Gasteiger partial charge in [0.2, 0.25) is 23.6 Å². The molecule has 0 radical (unpaired) electrons. The van der Waals surface area contributed by atoms with Crippen molar-refractivity contribution in [2.75, 3.05) is 46.1 Å². The van der Waals surface area contributed by atoms with Gasteiger partial charge < -0.3 is 46.7 Å². The molecule has 0 saturated carbocycles. The van der Waals surface area contributed by atoms with Crippen LogP contribution in [0.5, 0.6) is 0 Å². The standard InChI is InChI=1S/C38H71N5O10/c1-2-3-17-25-42-37(49)31(39)19-16-18-24-40-35(46)30-53-29-28-52-27-26-41-33(44)23-22-32(38(50)51)43-34(45)20-14-12-10-8-6-4-5-7-9-11-13-15-21-36(47)48/h31-32H,2-30,39H2,1H3,(H,40,46)(H,41,44)(H,42,49)(H,43,45)(H,47,48)(H,50,51)/t31-,32-/m0/s1. The molecule has 0 aliphatic carbocycles. The predicted molar refractivity (Wildman–Crippen MR) is 203 cm³/mol. The van der Waals surface area contributed by atoms with Crippen molar-refractivity contribution in [3.05, 3.63) is 0 Å². The molecule has 0 aromatic carbocycles. The lowest BCUT2D eigenvalue weighted by molar-refractivity contribution is -0.142. The van der Waals surface area contributed by atoms with E-state index in [0.717, 1.165) is 77.0 Å². The second-order valence-corrected chi connectivity index (χ2v) is 13.6. The predicted octanol–water partition coefficient (Wildman–Crippen LogP) is 3.95. The third-order valence-corrected chi connectivity index (χ3v) is 8.69. The third-order valence-electron chi connectivity index (χ3n) is 8.69. The van der Waals surface area contributed by atoms with Crippen LogP contribution in [0.3, 0.4) is 0 Å². The molecule has 15 heteroatoms. The number of carbonyl (C=O) groups is 6. The van der Waals surface area contributed by atoms with E-state index in [1.807, 2.05) is 0 Å². The molecule has 0 spiro atoms. The first-order valence-corrected chi connectivity index (χ1v) is 20.0. The van der Waals surface area contributed by atoms with E-state index < -0.39 is 24.0 Å². The van der Waals surface area contributed by atoms with Crippen LogP contribution in [0.15, 0.2) is 0 Å². The number of nitrogens with two attached hydrogens (primary N) is 1. The summed E-state index contributed by atoms with van der Waals surface area (Å²) in [6, 6.07) is -1.68. The molecule has 0 rings (SSSR count). The molecule has 15 nitrogen and oxygen atoms in total. The number of carboxylic acid groups (broad SMARTS) is 2. The van der Waals surface area contributed by atoms with Gasteiger partial charge in [0.05, 0.1) is 25.9 Å². The van der Waals surface area contributed by atoms with Crippen LogP contribution < -0.4 is 27.0 Å². The lowest BCUT2D eigenvalue weighted by Crippen LogP contribution is -2.41. The zero-order valence-electron chi connectivity index (χ0n) is 32.4. The Morgan fingerprint density at radius 3 is 1.70 bits per heavy atom. The zero-order chi connectivity index (χ0) is 39.4. The van der Waals surface area contributed by atoms with E-state index in [2.05, 4.69) is 28.2 Å². The van der Waals surface area contributed by atoms with Gasteiger partial charge in [-0.05, 0) is 44.9 Å². The summed E-state index contributed by atoms with van der Waals surface area (Å²) in [5.74, 6) is -2.96. The summed E-state index contributed by atoms with van der Waals surface area (Å²) in [6.07, 6.45) is 17.9. The molecular weight excluding hydrogens is 686 g/mol. The largest absolute Gasteiger partial charge is 0.481 e. The Kier molecular flexibility index (Phi) is 33.5. The first-order valence-electron chi connectivity index (χ1n) is 20.0. The number of hydrogen-bond acceptors (Lipinski definition) is 9. The van der Waals surface area contributed by atoms with Gasteiger partial charge in [0.25, 0.3) is 0 Å². The van der Waals surface area contributed by atoms with Crippen LogP contribution in [-0.4, -0.2) is 104 Å². The van der Waals surface area contributed by atoms with Crippen molar-refractivity contribution in [2.24, 2.45) is 5.73 Å². The molecule has 0 saturated heterocycles. The van der Waals surface area contributed by atoms with Crippen LogP contribution >= 0.6 is 0 Å². The summed E-state index contributed by atoms with van der Waals surface area (Å²) in [5, 5.41) is 28.9. The highest BCUT2D eigenvalue weighted by atomic mass is 16.5. The van der Waals surface area contributed by atoms with Gasteiger partial charge in [-0.15, -0.1) is 0 Å². The van der Waals surface area contributed by atoms with E-state index in [4.69, 9.17) is 20.3 Å². The maximum absolute atomic E-state index is 12.3. The minimum absolute atomic E-state index is 0.0180. The first kappa shape index (κ1) is 49.7. The molecule has 8 N–H and O–H groups in total. The van der Waals surface area contributed by atoms with Gasteiger partial charge in [-0.25, -0.2) is 4.79 Å². The smallest absolute Gasteiger partial charge is 0.326 e. The fourth-order valence-electron chi connectivity index (χ4n) is 5.48. The second-order valence-electron chi connectivity index (χ2n) is 13.6. The Bertz CT molecular complexity index is 1000. The number of rotatable bonds is 38. The topological polar surface area (TPSA) is 235 Å². The van der Waals surface area contributed by atoms with Crippen LogP contribution in [0, 0.1) is 0 Å². The highest BCUT2D eigenvalue weighted by Gasteiger charge is 2.21. The average Bonchev–Trinajstić information content (AvgIpc) is 3.12. The van der Waals surface area contributed by atoms with Gasteiger partial charge in [0, 0.05) is 38.9 Å². The monoisotopic (exact) mass is 758 g/mol. The van der Waals surface area contributed by atoms with Crippen molar-refractivity contribution in [2.45, 2.75) is 160 Å². The van der Waals surface area contributed by atoms with Gasteiger partial charge in [0.1, 0.15) is 12.6 Å². The molecule has 0 aliphatic heterocycles. The van der Waals surface area contributed by atoms with Crippen LogP contribution in [0.2, 0.25) is 0 Å². The summed E-state index contributed by atoms with van der Waals surface area (Å²) in [4.78, 5) is 70.4. The zero-order valence-corrected chi connectivity index (χ0v) is 32.4. The molecule has 2 atom stereocenters. The Balaban J connectivity index is 3.73. The van der Waals surface area contributed by atoms with Crippen molar-refractivity contribution < 1.29 is 48.5 Å². The Morgan fingerprint density at radius 1 is 0.547 bits per heavy atom. The lowest BCUT2D eigenvalue weighted by Gasteiger charge is -2.14. The molecule has 308 valence electrons. The number of nitrogens with one attached hydrogen (secondary N) is 4. The summed E-state index contributed by atoms with van der Waals surface area (Å²) in [5.41, 5.74) is 5.91. The first-order chi connectivity index (χ1) is 25.6. The molecule has 0 unspecified atom stereocenters.